The van der Waals surface area contributed by atoms with Crippen molar-refractivity contribution in [2.75, 3.05) is 13.2 Å². The summed E-state index contributed by atoms with van der Waals surface area (Å²) in [6.07, 6.45) is -0.633. The van der Waals surface area contributed by atoms with Crippen LogP contribution in [0.15, 0.2) is 40.1 Å². The van der Waals surface area contributed by atoms with Gasteiger partial charge in [0.25, 0.3) is 5.56 Å². The molecule has 0 radical (unpaired) electrons. The van der Waals surface area contributed by atoms with Gasteiger partial charge in [-0.25, -0.2) is 13.8 Å². The number of ether oxygens (including phenoxy) is 1. The number of hydrogen-bond acceptors (Lipinski definition) is 7. The summed E-state index contributed by atoms with van der Waals surface area (Å²) in [7, 11) is -3.86. The summed E-state index contributed by atoms with van der Waals surface area (Å²) in [5.41, 5.74) is -1.44. The van der Waals surface area contributed by atoms with Crippen molar-refractivity contribution in [2.45, 2.75) is 37.7 Å². The Balaban J connectivity index is 1.33. The monoisotopic (exact) mass is 444 g/mol. The molecule has 1 N–H and O–H groups in total. The Bertz CT molecular complexity index is 1090. The summed E-state index contributed by atoms with van der Waals surface area (Å²) in [6, 6.07) is 6.35. The third-order valence-electron chi connectivity index (χ3n) is 4.87. The second kappa shape index (κ2) is 8.52. The molecule has 2 aliphatic rings. The Labute approximate surface area is 169 Å². The van der Waals surface area contributed by atoms with Crippen LogP contribution in [0.3, 0.4) is 0 Å². The number of halogens is 2. The van der Waals surface area contributed by atoms with Crippen molar-refractivity contribution < 1.29 is 31.7 Å². The van der Waals surface area contributed by atoms with Gasteiger partial charge in [0.2, 0.25) is 5.82 Å². The van der Waals surface area contributed by atoms with E-state index in [0.717, 1.165) is 10.8 Å². The number of rotatable bonds is 6. The third-order valence-corrected chi connectivity index (χ3v) is 6.37. The van der Waals surface area contributed by atoms with E-state index in [9.17, 15) is 22.9 Å². The maximum atomic E-state index is 13.6. The second-order valence-electron chi connectivity index (χ2n) is 6.92. The fourth-order valence-electron chi connectivity index (χ4n) is 3.38. The van der Waals surface area contributed by atoms with Crippen molar-refractivity contribution in [2.24, 2.45) is 0 Å². The minimum atomic E-state index is -3.86. The second-order valence-corrected chi connectivity index (χ2v) is 8.55. The number of phosphoric ester groups is 1. The van der Waals surface area contributed by atoms with Crippen LogP contribution in [0, 0.1) is 11.6 Å². The number of phosphoric acid groups is 1. The number of fused-ring (bicyclic) bond motifs is 1. The molecule has 0 saturated carbocycles. The molecule has 0 bridgehead atoms. The van der Waals surface area contributed by atoms with Crippen LogP contribution in [-0.2, 0) is 29.3 Å². The maximum Gasteiger partial charge on any atom is 0.475 e. The molecule has 162 valence electrons. The molecule has 1 aromatic heterocycles. The Morgan fingerprint density at radius 1 is 1.20 bits per heavy atom. The van der Waals surface area contributed by atoms with E-state index in [1.807, 2.05) is 4.98 Å². The number of aromatic nitrogens is 2. The molecule has 0 amide bonds. The van der Waals surface area contributed by atoms with E-state index < -0.39 is 43.3 Å². The van der Waals surface area contributed by atoms with Gasteiger partial charge in [0.05, 0.1) is 19.4 Å². The van der Waals surface area contributed by atoms with Crippen LogP contribution in [0.2, 0.25) is 0 Å². The molecule has 4 atom stereocenters. The molecule has 1 unspecified atom stereocenters. The molecule has 2 fully saturated rings. The Kier molecular flexibility index (Phi) is 5.99. The first-order valence-corrected chi connectivity index (χ1v) is 10.8. The van der Waals surface area contributed by atoms with Crippen molar-refractivity contribution in [3.63, 3.8) is 0 Å². The molecule has 0 spiro atoms. The van der Waals surface area contributed by atoms with Gasteiger partial charge < -0.3 is 4.74 Å². The third kappa shape index (κ3) is 4.45. The van der Waals surface area contributed by atoms with Gasteiger partial charge in [0.1, 0.15) is 24.3 Å². The Morgan fingerprint density at radius 3 is 2.80 bits per heavy atom. The zero-order valence-corrected chi connectivity index (χ0v) is 16.6. The molecule has 2 aromatic rings. The van der Waals surface area contributed by atoms with Gasteiger partial charge in [-0.3, -0.25) is 27.9 Å². The van der Waals surface area contributed by atoms with Crippen molar-refractivity contribution in [3.05, 3.63) is 68.5 Å². The molecule has 0 aliphatic carbocycles. The SMILES string of the molecule is O=c1[nH]c(=O)n([C@H]2C[C@@H]3OP(=O)(OCCCc4ccccc4F)OC[C@H]3O2)cc1F. The number of hydrogen-bond donors (Lipinski definition) is 1. The van der Waals surface area contributed by atoms with Crippen LogP contribution in [0.25, 0.3) is 0 Å². The number of nitrogens with zero attached hydrogens (tertiary/aromatic N) is 1. The number of aryl methyl sites for hydroxylation is 1. The molecule has 3 heterocycles. The van der Waals surface area contributed by atoms with Crippen LogP contribution in [0.5, 0.6) is 0 Å². The summed E-state index contributed by atoms with van der Waals surface area (Å²) in [6.45, 7) is -0.0791. The van der Waals surface area contributed by atoms with Gasteiger partial charge in [0.15, 0.2) is 0 Å². The van der Waals surface area contributed by atoms with E-state index in [1.54, 1.807) is 18.2 Å². The number of benzene rings is 1. The predicted molar refractivity (Wildman–Crippen MR) is 98.9 cm³/mol. The molecule has 1 aromatic carbocycles. The lowest BCUT2D eigenvalue weighted by molar-refractivity contribution is -0.0724. The highest BCUT2D eigenvalue weighted by molar-refractivity contribution is 7.48. The van der Waals surface area contributed by atoms with Gasteiger partial charge in [-0.15, -0.1) is 0 Å². The topological polar surface area (TPSA) is 109 Å². The van der Waals surface area contributed by atoms with Gasteiger partial charge in [-0.2, -0.15) is 4.39 Å². The number of nitrogens with one attached hydrogen (secondary N) is 1. The standard InChI is InChI=1S/C18H19F2N2O7P/c19-12-6-2-1-4-11(12)5-3-7-26-30(25)27-10-15-14(29-30)8-16(28-15)22-9-13(20)17(23)21-18(22)24/h1-2,4,6,9,14-16H,3,5,7-8,10H2,(H,21,23,24)/t14-,15+,16+,30?/m0/s1. The minimum absolute atomic E-state index is 0.0257. The highest BCUT2D eigenvalue weighted by Gasteiger charge is 2.48. The van der Waals surface area contributed by atoms with Crippen LogP contribution >= 0.6 is 7.82 Å². The van der Waals surface area contributed by atoms with E-state index in [4.69, 9.17) is 18.3 Å². The lowest BCUT2D eigenvalue weighted by Gasteiger charge is -2.29. The highest BCUT2D eigenvalue weighted by atomic mass is 31.2. The van der Waals surface area contributed by atoms with Crippen molar-refractivity contribution in [1.29, 1.82) is 0 Å². The smallest absolute Gasteiger partial charge is 0.349 e. The van der Waals surface area contributed by atoms with E-state index in [-0.39, 0.29) is 25.5 Å². The average Bonchev–Trinajstić information content (AvgIpc) is 3.12. The van der Waals surface area contributed by atoms with Gasteiger partial charge in [0, 0.05) is 6.42 Å². The molecular weight excluding hydrogens is 425 g/mol. The van der Waals surface area contributed by atoms with E-state index in [1.165, 1.54) is 6.07 Å². The number of H-pyrrole nitrogens is 1. The lowest BCUT2D eigenvalue weighted by Crippen LogP contribution is -2.34. The first kappa shape index (κ1) is 21.1. The molecular formula is C18H19F2N2O7P. The molecule has 12 heteroatoms. The van der Waals surface area contributed by atoms with Gasteiger partial charge >= 0.3 is 13.5 Å². The van der Waals surface area contributed by atoms with Crippen LogP contribution < -0.4 is 11.2 Å². The molecule has 30 heavy (non-hydrogen) atoms. The quantitative estimate of drug-likeness (QED) is 0.538. The largest absolute Gasteiger partial charge is 0.475 e. The molecule has 9 nitrogen and oxygen atoms in total. The highest BCUT2D eigenvalue weighted by Crippen LogP contribution is 2.56. The first-order valence-electron chi connectivity index (χ1n) is 9.32. The lowest BCUT2D eigenvalue weighted by atomic mass is 10.1. The molecule has 2 saturated heterocycles. The summed E-state index contributed by atoms with van der Waals surface area (Å²) in [5.74, 6) is -1.45. The average molecular weight is 444 g/mol. The normalized spacial score (nSPS) is 28.4. The van der Waals surface area contributed by atoms with Crippen molar-refractivity contribution >= 4 is 7.82 Å². The Hall–Kier alpha value is -2.17. The van der Waals surface area contributed by atoms with E-state index in [0.29, 0.717) is 18.4 Å². The van der Waals surface area contributed by atoms with E-state index >= 15 is 0 Å². The summed E-state index contributed by atoms with van der Waals surface area (Å²) >= 11 is 0. The zero-order chi connectivity index (χ0) is 21.3. The minimum Gasteiger partial charge on any atom is -0.349 e. The van der Waals surface area contributed by atoms with Crippen molar-refractivity contribution in [1.82, 2.24) is 9.55 Å². The van der Waals surface area contributed by atoms with Gasteiger partial charge in [-0.05, 0) is 24.5 Å². The molecule has 2 aliphatic heterocycles. The fourth-order valence-corrected chi connectivity index (χ4v) is 4.81. The van der Waals surface area contributed by atoms with Crippen LogP contribution in [0.4, 0.5) is 8.78 Å². The maximum absolute atomic E-state index is 13.6. The summed E-state index contributed by atoms with van der Waals surface area (Å²) in [5, 5.41) is 0. The summed E-state index contributed by atoms with van der Waals surface area (Å²) < 4.78 is 62.3. The van der Waals surface area contributed by atoms with Gasteiger partial charge in [-0.1, -0.05) is 18.2 Å². The van der Waals surface area contributed by atoms with Crippen LogP contribution in [0.1, 0.15) is 24.6 Å². The predicted octanol–water partition coefficient (Wildman–Crippen LogP) is 2.28. The summed E-state index contributed by atoms with van der Waals surface area (Å²) in [4.78, 5) is 24.9. The Morgan fingerprint density at radius 2 is 2.00 bits per heavy atom. The zero-order valence-electron chi connectivity index (χ0n) is 15.7. The first-order chi connectivity index (χ1) is 14.3. The van der Waals surface area contributed by atoms with Crippen LogP contribution in [-0.4, -0.2) is 35.0 Å². The van der Waals surface area contributed by atoms with E-state index in [2.05, 4.69) is 0 Å². The van der Waals surface area contributed by atoms with Crippen molar-refractivity contribution in [3.8, 4) is 0 Å². The fraction of sp³-hybridized carbons (Fsp3) is 0.444. The molecule has 4 rings (SSSR count). The number of aromatic amines is 1.